The van der Waals surface area contributed by atoms with Gasteiger partial charge in [-0.2, -0.15) is 0 Å². The molecule has 2 aromatic rings. The molecule has 0 aromatic heterocycles. The molecule has 0 aliphatic carbocycles. The van der Waals surface area contributed by atoms with Crippen LogP contribution in [-0.4, -0.2) is 0 Å². The van der Waals surface area contributed by atoms with Crippen molar-refractivity contribution < 1.29 is 0 Å². The zero-order valence-electron chi connectivity index (χ0n) is 14.8. The van der Waals surface area contributed by atoms with E-state index in [1.54, 1.807) is 0 Å². The van der Waals surface area contributed by atoms with Gasteiger partial charge in [0.15, 0.2) is 0 Å². The lowest BCUT2D eigenvalue weighted by atomic mass is 9.92. The van der Waals surface area contributed by atoms with E-state index in [9.17, 15) is 9.81 Å². The van der Waals surface area contributed by atoms with E-state index in [0.29, 0.717) is 11.4 Å². The highest BCUT2D eigenvalue weighted by atomic mass is 16.3. The van der Waals surface area contributed by atoms with Crippen molar-refractivity contribution in [2.24, 2.45) is 10.4 Å². The van der Waals surface area contributed by atoms with E-state index in [4.69, 9.17) is 0 Å². The fraction of sp³-hybridized carbons (Fsp3) is 0.400. The van der Waals surface area contributed by atoms with Crippen molar-refractivity contribution in [3.63, 3.8) is 0 Å². The van der Waals surface area contributed by atoms with Gasteiger partial charge in [-0.1, -0.05) is 27.7 Å². The summed E-state index contributed by atoms with van der Waals surface area (Å²) in [5.41, 5.74) is 7.14. The van der Waals surface area contributed by atoms with Gasteiger partial charge in [-0.15, -0.1) is 9.81 Å². The monoisotopic (exact) mass is 324 g/mol. The molecule has 2 rings (SSSR count). The number of hydrogen-bond acceptors (Lipinski definition) is 4. The molecule has 0 fully saturated rings. The van der Waals surface area contributed by atoms with Crippen molar-refractivity contribution in [2.75, 3.05) is 0 Å². The third kappa shape index (κ3) is 3.28. The Morgan fingerprint density at radius 1 is 0.583 bits per heavy atom. The molecule has 0 heterocycles. The first kappa shape index (κ1) is 18.0. The lowest BCUT2D eigenvalue weighted by Gasteiger charge is -2.14. The fourth-order valence-corrected chi connectivity index (χ4v) is 3.17. The molecular weight excluding hydrogens is 300 g/mol. The molecule has 4 nitrogen and oxygen atoms in total. The number of rotatable bonds is 7. The maximum absolute atomic E-state index is 11.2. The molecule has 126 valence electrons. The number of aryl methyl sites for hydroxylation is 4. The van der Waals surface area contributed by atoms with Crippen LogP contribution in [0.2, 0.25) is 0 Å². The minimum atomic E-state index is 0.571. The van der Waals surface area contributed by atoms with Gasteiger partial charge in [-0.3, -0.25) is 0 Å². The predicted octanol–water partition coefficient (Wildman–Crippen LogP) is 6.40. The summed E-state index contributed by atoms with van der Waals surface area (Å²) in [5.74, 6) is 0. The van der Waals surface area contributed by atoms with Gasteiger partial charge >= 0.3 is 0 Å². The third-order valence-electron chi connectivity index (χ3n) is 4.58. The van der Waals surface area contributed by atoms with E-state index < -0.39 is 0 Å². The zero-order valence-corrected chi connectivity index (χ0v) is 14.8. The quantitative estimate of drug-likeness (QED) is 0.553. The Bertz CT molecular complexity index is 651. The molecule has 2 aromatic carbocycles. The van der Waals surface area contributed by atoms with E-state index in [1.807, 2.05) is 52.0 Å². The number of hydrogen-bond donors (Lipinski definition) is 0. The summed E-state index contributed by atoms with van der Waals surface area (Å²) in [6.45, 7) is 8.12. The molecule has 0 amide bonds. The van der Waals surface area contributed by atoms with Gasteiger partial charge in [-0.05, 0) is 93.7 Å². The van der Waals surface area contributed by atoms with Crippen LogP contribution in [0, 0.1) is 9.81 Å². The average Bonchev–Trinajstić information content (AvgIpc) is 2.65. The second-order valence-electron chi connectivity index (χ2n) is 5.88. The first-order chi connectivity index (χ1) is 11.6. The van der Waals surface area contributed by atoms with Crippen molar-refractivity contribution >= 4 is 11.4 Å². The van der Waals surface area contributed by atoms with Gasteiger partial charge in [0, 0.05) is 0 Å². The molecular formula is C20H24N2O2. The van der Waals surface area contributed by atoms with Crippen LogP contribution in [0.3, 0.4) is 0 Å². The van der Waals surface area contributed by atoms with E-state index in [1.165, 1.54) is 0 Å². The van der Waals surface area contributed by atoms with Crippen LogP contribution < -0.4 is 0 Å². The number of benzene rings is 2. The fourth-order valence-electron chi connectivity index (χ4n) is 3.17. The number of nitroso groups, excluding NO2 is 2. The van der Waals surface area contributed by atoms with Gasteiger partial charge in [0.2, 0.25) is 0 Å². The Morgan fingerprint density at radius 2 is 0.833 bits per heavy atom. The Morgan fingerprint density at radius 3 is 1.00 bits per heavy atom. The highest BCUT2D eigenvalue weighted by Crippen LogP contribution is 2.36. The Hall–Kier alpha value is -2.36. The molecule has 0 saturated heterocycles. The van der Waals surface area contributed by atoms with E-state index in [2.05, 4.69) is 10.4 Å². The summed E-state index contributed by atoms with van der Waals surface area (Å²) < 4.78 is 0. The lowest BCUT2D eigenvalue weighted by molar-refractivity contribution is 1.07. The summed E-state index contributed by atoms with van der Waals surface area (Å²) in [4.78, 5) is 22.4. The maximum atomic E-state index is 11.2. The molecule has 0 bridgehead atoms. The normalized spacial score (nSPS) is 10.7. The topological polar surface area (TPSA) is 58.9 Å². The molecule has 0 spiro atoms. The number of nitrogens with zero attached hydrogens (tertiary/aromatic N) is 2. The molecule has 0 unspecified atom stereocenters. The molecule has 4 heteroatoms. The van der Waals surface area contributed by atoms with E-state index in [0.717, 1.165) is 59.1 Å². The molecule has 0 atom stereocenters. The average molecular weight is 324 g/mol. The van der Waals surface area contributed by atoms with Crippen LogP contribution in [0.4, 0.5) is 11.4 Å². The summed E-state index contributed by atoms with van der Waals surface area (Å²) in [5, 5.41) is 6.47. The maximum Gasteiger partial charge on any atom is 0.114 e. The van der Waals surface area contributed by atoms with Crippen LogP contribution in [0.1, 0.15) is 49.9 Å². The van der Waals surface area contributed by atoms with Crippen LogP contribution in [0.5, 0.6) is 0 Å². The Balaban J connectivity index is 2.72. The summed E-state index contributed by atoms with van der Waals surface area (Å²) in [7, 11) is 0. The Kier molecular flexibility index (Phi) is 5.96. The van der Waals surface area contributed by atoms with Gasteiger partial charge in [0.1, 0.15) is 11.4 Å². The van der Waals surface area contributed by atoms with E-state index in [-0.39, 0.29) is 0 Å². The van der Waals surface area contributed by atoms with Crippen molar-refractivity contribution in [3.05, 3.63) is 56.3 Å². The summed E-state index contributed by atoms with van der Waals surface area (Å²) in [6.07, 6.45) is 3.04. The Labute approximate surface area is 143 Å². The predicted molar refractivity (Wildman–Crippen MR) is 100 cm³/mol. The molecule has 0 N–H and O–H groups in total. The van der Waals surface area contributed by atoms with Gasteiger partial charge in [-0.25, -0.2) is 0 Å². The van der Waals surface area contributed by atoms with Gasteiger partial charge in [0.25, 0.3) is 0 Å². The molecule has 24 heavy (non-hydrogen) atoms. The molecule has 0 aliphatic heterocycles. The lowest BCUT2D eigenvalue weighted by Crippen LogP contribution is -1.94. The minimum absolute atomic E-state index is 0.571. The van der Waals surface area contributed by atoms with Gasteiger partial charge < -0.3 is 0 Å². The van der Waals surface area contributed by atoms with Crippen molar-refractivity contribution in [3.8, 4) is 11.1 Å². The standard InChI is InChI=1S/C20H24N2O2/c1-5-13-9-17(10-14(6-2)19(13)21-23)18-11-15(7-3)20(22-24)16(8-4)12-18/h9-12H,5-8H2,1-4H3. The van der Waals surface area contributed by atoms with Crippen LogP contribution >= 0.6 is 0 Å². The van der Waals surface area contributed by atoms with Crippen LogP contribution in [0.15, 0.2) is 34.6 Å². The van der Waals surface area contributed by atoms with E-state index >= 15 is 0 Å². The van der Waals surface area contributed by atoms with Gasteiger partial charge in [0.05, 0.1) is 0 Å². The first-order valence-electron chi connectivity index (χ1n) is 8.61. The highest BCUT2D eigenvalue weighted by molar-refractivity contribution is 5.74. The molecule has 0 aliphatic rings. The SMILES string of the molecule is CCc1cc(-c2cc(CC)c(N=O)c(CC)c2)cc(CC)c1N=O. The minimum Gasteiger partial charge on any atom is -0.145 e. The summed E-state index contributed by atoms with van der Waals surface area (Å²) >= 11 is 0. The first-order valence-corrected chi connectivity index (χ1v) is 8.61. The highest BCUT2D eigenvalue weighted by Gasteiger charge is 2.14. The third-order valence-corrected chi connectivity index (χ3v) is 4.58. The second kappa shape index (κ2) is 7.95. The zero-order chi connectivity index (χ0) is 17.7. The van der Waals surface area contributed by atoms with Crippen LogP contribution in [0.25, 0.3) is 11.1 Å². The second-order valence-corrected chi connectivity index (χ2v) is 5.88. The summed E-state index contributed by atoms with van der Waals surface area (Å²) in [6, 6.07) is 8.16. The molecule has 0 saturated carbocycles. The largest absolute Gasteiger partial charge is 0.145 e. The van der Waals surface area contributed by atoms with Crippen LogP contribution in [-0.2, 0) is 25.7 Å². The smallest absolute Gasteiger partial charge is 0.114 e. The van der Waals surface area contributed by atoms with Crippen molar-refractivity contribution in [1.29, 1.82) is 0 Å². The van der Waals surface area contributed by atoms with Crippen molar-refractivity contribution in [1.82, 2.24) is 0 Å². The molecule has 0 radical (unpaired) electrons. The van der Waals surface area contributed by atoms with Crippen molar-refractivity contribution in [2.45, 2.75) is 53.4 Å².